The number of nitrogens with one attached hydrogen (secondary N) is 1. The van der Waals surface area contributed by atoms with Crippen molar-refractivity contribution in [3.05, 3.63) is 17.5 Å². The van der Waals surface area contributed by atoms with E-state index in [0.29, 0.717) is 24.4 Å². The SMILES string of the molecule is Cc1noc(NS(=O)(=O)c2cnn3c2OCC(C)(C)C3)c1C. The molecule has 1 aliphatic rings. The Labute approximate surface area is 128 Å². The summed E-state index contributed by atoms with van der Waals surface area (Å²) in [4.78, 5) is -0.00328. The molecule has 1 aliphatic heterocycles. The third-order valence-corrected chi connectivity index (χ3v) is 4.92. The molecule has 0 atom stereocenters. The van der Waals surface area contributed by atoms with E-state index in [1.807, 2.05) is 13.8 Å². The van der Waals surface area contributed by atoms with Crippen LogP contribution < -0.4 is 9.46 Å². The molecule has 0 saturated heterocycles. The quantitative estimate of drug-likeness (QED) is 0.921. The van der Waals surface area contributed by atoms with Gasteiger partial charge in [-0.2, -0.15) is 5.10 Å². The van der Waals surface area contributed by atoms with Crippen molar-refractivity contribution < 1.29 is 17.7 Å². The molecule has 0 amide bonds. The Balaban J connectivity index is 1.94. The number of hydrogen-bond acceptors (Lipinski definition) is 6. The average molecular weight is 326 g/mol. The molecule has 1 N–H and O–H groups in total. The summed E-state index contributed by atoms with van der Waals surface area (Å²) in [5.41, 5.74) is 1.19. The van der Waals surface area contributed by atoms with E-state index in [4.69, 9.17) is 9.26 Å². The molecule has 22 heavy (non-hydrogen) atoms. The Morgan fingerprint density at radius 1 is 1.36 bits per heavy atom. The summed E-state index contributed by atoms with van der Waals surface area (Å²) < 4.78 is 39.6. The fourth-order valence-electron chi connectivity index (χ4n) is 2.20. The van der Waals surface area contributed by atoms with Gasteiger partial charge in [-0.15, -0.1) is 0 Å². The molecule has 0 aliphatic carbocycles. The molecule has 0 radical (unpaired) electrons. The van der Waals surface area contributed by atoms with Crippen molar-refractivity contribution >= 4 is 15.9 Å². The maximum absolute atomic E-state index is 12.5. The van der Waals surface area contributed by atoms with Crippen LogP contribution in [0.25, 0.3) is 0 Å². The highest BCUT2D eigenvalue weighted by Gasteiger charge is 2.33. The average Bonchev–Trinajstić information content (AvgIpc) is 2.96. The number of sulfonamides is 1. The minimum atomic E-state index is -3.85. The second kappa shape index (κ2) is 4.73. The van der Waals surface area contributed by atoms with Gasteiger partial charge in [0.25, 0.3) is 10.0 Å². The highest BCUT2D eigenvalue weighted by atomic mass is 32.2. The second-order valence-corrected chi connectivity index (χ2v) is 7.90. The van der Waals surface area contributed by atoms with Crippen molar-refractivity contribution in [2.24, 2.45) is 5.41 Å². The maximum atomic E-state index is 12.5. The van der Waals surface area contributed by atoms with E-state index < -0.39 is 10.0 Å². The van der Waals surface area contributed by atoms with Gasteiger partial charge in [0, 0.05) is 11.0 Å². The minimum Gasteiger partial charge on any atom is -0.476 e. The van der Waals surface area contributed by atoms with Crippen molar-refractivity contribution in [1.29, 1.82) is 0 Å². The molecule has 8 nitrogen and oxygen atoms in total. The number of rotatable bonds is 3. The summed E-state index contributed by atoms with van der Waals surface area (Å²) in [5, 5.41) is 7.85. The van der Waals surface area contributed by atoms with Crippen molar-refractivity contribution in [1.82, 2.24) is 14.9 Å². The van der Waals surface area contributed by atoms with Gasteiger partial charge in [-0.3, -0.25) is 0 Å². The molecule has 0 aromatic carbocycles. The van der Waals surface area contributed by atoms with Gasteiger partial charge in [0.1, 0.15) is 0 Å². The smallest absolute Gasteiger partial charge is 0.271 e. The van der Waals surface area contributed by atoms with Gasteiger partial charge in [-0.05, 0) is 13.8 Å². The summed E-state index contributed by atoms with van der Waals surface area (Å²) in [6.07, 6.45) is 1.29. The molecule has 0 unspecified atom stereocenters. The first-order chi connectivity index (χ1) is 10.2. The Morgan fingerprint density at radius 3 is 2.73 bits per heavy atom. The van der Waals surface area contributed by atoms with E-state index in [1.54, 1.807) is 18.5 Å². The summed E-state index contributed by atoms with van der Waals surface area (Å²) in [5.74, 6) is 0.356. The first-order valence-electron chi connectivity index (χ1n) is 6.84. The lowest BCUT2D eigenvalue weighted by Crippen LogP contribution is -2.33. The Morgan fingerprint density at radius 2 is 2.09 bits per heavy atom. The van der Waals surface area contributed by atoms with Gasteiger partial charge in [0.05, 0.1) is 25.0 Å². The van der Waals surface area contributed by atoms with Crippen LogP contribution in [0, 0.1) is 19.3 Å². The standard InChI is InChI=1S/C13H18N4O4S/c1-8-9(2)15-21-11(8)16-22(18,19)10-5-14-17-6-13(3,4)7-20-12(10)17/h5,16H,6-7H2,1-4H3. The number of nitrogens with zero attached hydrogens (tertiary/aromatic N) is 3. The molecule has 0 bridgehead atoms. The lowest BCUT2D eigenvalue weighted by atomic mass is 9.94. The zero-order valence-corrected chi connectivity index (χ0v) is 13.7. The van der Waals surface area contributed by atoms with E-state index in [9.17, 15) is 8.42 Å². The van der Waals surface area contributed by atoms with Crippen LogP contribution in [0.15, 0.2) is 15.6 Å². The van der Waals surface area contributed by atoms with Gasteiger partial charge in [0.2, 0.25) is 11.8 Å². The van der Waals surface area contributed by atoms with Crippen LogP contribution in [0.5, 0.6) is 5.88 Å². The first-order valence-corrected chi connectivity index (χ1v) is 8.32. The van der Waals surface area contributed by atoms with E-state index in [-0.39, 0.29) is 22.1 Å². The van der Waals surface area contributed by atoms with Crippen LogP contribution in [0.2, 0.25) is 0 Å². The van der Waals surface area contributed by atoms with E-state index in [0.717, 1.165) is 0 Å². The van der Waals surface area contributed by atoms with Gasteiger partial charge in [-0.1, -0.05) is 19.0 Å². The largest absolute Gasteiger partial charge is 0.476 e. The molecular weight excluding hydrogens is 308 g/mol. The van der Waals surface area contributed by atoms with Crippen LogP contribution in [-0.2, 0) is 16.6 Å². The van der Waals surface area contributed by atoms with Crippen molar-refractivity contribution in [3.8, 4) is 5.88 Å². The van der Waals surface area contributed by atoms with Crippen LogP contribution in [0.4, 0.5) is 5.88 Å². The number of anilines is 1. The summed E-state index contributed by atoms with van der Waals surface area (Å²) >= 11 is 0. The second-order valence-electron chi connectivity index (χ2n) is 6.25. The molecule has 9 heteroatoms. The molecule has 3 rings (SSSR count). The zero-order valence-electron chi connectivity index (χ0n) is 12.9. The zero-order chi connectivity index (χ0) is 16.1. The number of aromatic nitrogens is 3. The van der Waals surface area contributed by atoms with Crippen LogP contribution in [0.3, 0.4) is 0 Å². The molecule has 0 fully saturated rings. The van der Waals surface area contributed by atoms with E-state index in [2.05, 4.69) is 15.0 Å². The van der Waals surface area contributed by atoms with Crippen molar-refractivity contribution in [2.75, 3.05) is 11.3 Å². The number of ether oxygens (including phenoxy) is 1. The fourth-order valence-corrected chi connectivity index (χ4v) is 3.33. The Bertz CT molecular complexity index is 819. The fraction of sp³-hybridized carbons (Fsp3) is 0.538. The Kier molecular flexibility index (Phi) is 3.20. The van der Waals surface area contributed by atoms with E-state index in [1.165, 1.54) is 6.20 Å². The maximum Gasteiger partial charge on any atom is 0.271 e. The molecule has 2 aromatic heterocycles. The number of hydrogen-bond donors (Lipinski definition) is 1. The van der Waals surface area contributed by atoms with Crippen LogP contribution in [-0.4, -0.2) is 30.0 Å². The highest BCUT2D eigenvalue weighted by Crippen LogP contribution is 2.34. The molecule has 0 spiro atoms. The first kappa shape index (κ1) is 14.9. The number of aryl methyl sites for hydroxylation is 1. The molecular formula is C13H18N4O4S. The predicted octanol–water partition coefficient (Wildman–Crippen LogP) is 1.71. The van der Waals surface area contributed by atoms with Crippen molar-refractivity contribution in [3.63, 3.8) is 0 Å². The van der Waals surface area contributed by atoms with Gasteiger partial charge < -0.3 is 9.26 Å². The monoisotopic (exact) mass is 326 g/mol. The summed E-state index contributed by atoms with van der Waals surface area (Å²) in [7, 11) is -3.85. The number of fused-ring (bicyclic) bond motifs is 1. The third-order valence-electron chi connectivity index (χ3n) is 3.61. The lowest BCUT2D eigenvalue weighted by molar-refractivity contribution is 0.0971. The summed E-state index contributed by atoms with van der Waals surface area (Å²) in [6.45, 7) is 8.56. The predicted molar refractivity (Wildman–Crippen MR) is 78.3 cm³/mol. The molecule has 3 heterocycles. The lowest BCUT2D eigenvalue weighted by Gasteiger charge is -2.30. The van der Waals surface area contributed by atoms with Crippen LogP contribution in [0.1, 0.15) is 25.1 Å². The van der Waals surface area contributed by atoms with Gasteiger partial charge in [0.15, 0.2) is 4.90 Å². The highest BCUT2D eigenvalue weighted by molar-refractivity contribution is 7.92. The van der Waals surface area contributed by atoms with E-state index >= 15 is 0 Å². The molecule has 0 saturated carbocycles. The van der Waals surface area contributed by atoms with Crippen LogP contribution >= 0.6 is 0 Å². The third kappa shape index (κ3) is 2.45. The minimum absolute atomic E-state index is 0.00328. The normalized spacial score (nSPS) is 16.9. The Hall–Kier alpha value is -2.03. The topological polar surface area (TPSA) is 99.3 Å². The van der Waals surface area contributed by atoms with Gasteiger partial charge in [-0.25, -0.2) is 17.8 Å². The van der Waals surface area contributed by atoms with Crippen molar-refractivity contribution in [2.45, 2.75) is 39.1 Å². The summed E-state index contributed by atoms with van der Waals surface area (Å²) in [6, 6.07) is 0. The molecule has 2 aromatic rings. The van der Waals surface area contributed by atoms with Gasteiger partial charge >= 0.3 is 0 Å². The molecule has 120 valence electrons.